The summed E-state index contributed by atoms with van der Waals surface area (Å²) in [5.74, 6) is 1.38. The van der Waals surface area contributed by atoms with E-state index in [2.05, 4.69) is 22.6 Å². The highest BCUT2D eigenvalue weighted by Crippen LogP contribution is 2.35. The molecule has 0 amide bonds. The first-order chi connectivity index (χ1) is 8.33. The molecule has 0 radical (unpaired) electrons. The molecule has 0 aromatic carbocycles. The van der Waals surface area contributed by atoms with Crippen molar-refractivity contribution in [2.45, 2.75) is 44.9 Å². The van der Waals surface area contributed by atoms with E-state index in [0.29, 0.717) is 5.92 Å². The number of hydrogen-bond donors (Lipinski definition) is 1. The highest BCUT2D eigenvalue weighted by atomic mass is 15.4. The maximum atomic E-state index is 4.08. The van der Waals surface area contributed by atoms with Crippen LogP contribution in [0.3, 0.4) is 0 Å². The molecule has 1 heterocycles. The van der Waals surface area contributed by atoms with Crippen LogP contribution in [0.1, 0.15) is 50.6 Å². The summed E-state index contributed by atoms with van der Waals surface area (Å²) in [6, 6.07) is 0. The predicted molar refractivity (Wildman–Crippen MR) is 68.9 cm³/mol. The van der Waals surface area contributed by atoms with Crippen LogP contribution in [-0.2, 0) is 7.05 Å². The number of nitrogens with zero attached hydrogens (tertiary/aromatic N) is 3. The van der Waals surface area contributed by atoms with E-state index in [-0.39, 0.29) is 0 Å². The van der Waals surface area contributed by atoms with Crippen LogP contribution in [0.4, 0.5) is 0 Å². The van der Waals surface area contributed by atoms with E-state index in [1.165, 1.54) is 37.8 Å². The van der Waals surface area contributed by atoms with Crippen molar-refractivity contribution in [2.75, 3.05) is 13.1 Å². The largest absolute Gasteiger partial charge is 0.317 e. The fourth-order valence-corrected chi connectivity index (χ4v) is 2.98. The second kappa shape index (κ2) is 6.15. The Morgan fingerprint density at radius 3 is 2.88 bits per heavy atom. The first kappa shape index (κ1) is 12.6. The lowest BCUT2D eigenvalue weighted by atomic mass is 9.85. The SMILES string of the molecule is CCNCC1CCCCCC1c1cnnn1C. The second-order valence-corrected chi connectivity index (χ2v) is 5.09. The molecule has 0 spiro atoms. The third-order valence-electron chi connectivity index (χ3n) is 3.94. The highest BCUT2D eigenvalue weighted by molar-refractivity contribution is 5.06. The molecule has 4 nitrogen and oxygen atoms in total. The molecule has 17 heavy (non-hydrogen) atoms. The Kier molecular flexibility index (Phi) is 4.54. The van der Waals surface area contributed by atoms with Gasteiger partial charge in [0.2, 0.25) is 0 Å². The number of aromatic nitrogens is 3. The van der Waals surface area contributed by atoms with E-state index < -0.39 is 0 Å². The topological polar surface area (TPSA) is 42.7 Å². The molecule has 96 valence electrons. The lowest BCUT2D eigenvalue weighted by Gasteiger charge is -2.25. The van der Waals surface area contributed by atoms with Crippen LogP contribution in [0.5, 0.6) is 0 Å². The summed E-state index contributed by atoms with van der Waals surface area (Å²) in [5, 5.41) is 11.6. The minimum absolute atomic E-state index is 0.636. The predicted octanol–water partition coefficient (Wildman–Crippen LogP) is 2.09. The average molecular weight is 236 g/mol. The molecule has 1 N–H and O–H groups in total. The van der Waals surface area contributed by atoms with E-state index in [1.54, 1.807) is 0 Å². The Bertz CT molecular complexity index is 334. The van der Waals surface area contributed by atoms with Crippen molar-refractivity contribution in [2.24, 2.45) is 13.0 Å². The number of hydrogen-bond acceptors (Lipinski definition) is 3. The summed E-state index contributed by atoms with van der Waals surface area (Å²) < 4.78 is 1.95. The van der Waals surface area contributed by atoms with Gasteiger partial charge < -0.3 is 5.32 Å². The molecule has 1 fully saturated rings. The maximum Gasteiger partial charge on any atom is 0.0728 e. The molecule has 1 saturated carbocycles. The minimum atomic E-state index is 0.636. The van der Waals surface area contributed by atoms with Crippen molar-refractivity contribution >= 4 is 0 Å². The molecule has 2 atom stereocenters. The molecule has 2 unspecified atom stereocenters. The van der Waals surface area contributed by atoms with Crippen LogP contribution >= 0.6 is 0 Å². The molecule has 0 aliphatic heterocycles. The smallest absolute Gasteiger partial charge is 0.0728 e. The monoisotopic (exact) mass is 236 g/mol. The van der Waals surface area contributed by atoms with E-state index in [1.807, 2.05) is 17.9 Å². The molecular weight excluding hydrogens is 212 g/mol. The van der Waals surface area contributed by atoms with E-state index >= 15 is 0 Å². The van der Waals surface area contributed by atoms with Gasteiger partial charge in [0.25, 0.3) is 0 Å². The third-order valence-corrected chi connectivity index (χ3v) is 3.94. The second-order valence-electron chi connectivity index (χ2n) is 5.09. The zero-order valence-corrected chi connectivity index (χ0v) is 11.0. The Labute approximate surface area is 104 Å². The Hall–Kier alpha value is -0.900. The van der Waals surface area contributed by atoms with Crippen LogP contribution < -0.4 is 5.32 Å². The molecule has 4 heteroatoms. The van der Waals surface area contributed by atoms with Crippen molar-refractivity contribution in [3.8, 4) is 0 Å². The van der Waals surface area contributed by atoms with Gasteiger partial charge in [-0.2, -0.15) is 0 Å². The summed E-state index contributed by atoms with van der Waals surface area (Å²) in [7, 11) is 2.01. The molecule has 0 bridgehead atoms. The molecule has 1 aliphatic carbocycles. The zero-order chi connectivity index (χ0) is 12.1. The summed E-state index contributed by atoms with van der Waals surface area (Å²) in [5.41, 5.74) is 1.31. The fraction of sp³-hybridized carbons (Fsp3) is 0.846. The molecule has 1 aromatic heterocycles. The van der Waals surface area contributed by atoms with Gasteiger partial charge in [0.05, 0.1) is 11.9 Å². The van der Waals surface area contributed by atoms with E-state index in [4.69, 9.17) is 0 Å². The molecule has 1 aliphatic rings. The van der Waals surface area contributed by atoms with Crippen molar-refractivity contribution < 1.29 is 0 Å². The first-order valence-corrected chi connectivity index (χ1v) is 6.88. The quantitative estimate of drug-likeness (QED) is 0.814. The number of nitrogens with one attached hydrogen (secondary N) is 1. The first-order valence-electron chi connectivity index (χ1n) is 6.88. The van der Waals surface area contributed by atoms with Crippen LogP contribution in [0, 0.1) is 5.92 Å². The van der Waals surface area contributed by atoms with Gasteiger partial charge in [0.1, 0.15) is 0 Å². The summed E-state index contributed by atoms with van der Waals surface area (Å²) in [4.78, 5) is 0. The van der Waals surface area contributed by atoms with Gasteiger partial charge in [-0.1, -0.05) is 31.4 Å². The standard InChI is InChI=1S/C13H24N4/c1-3-14-9-11-7-5-4-6-8-12(11)13-10-15-16-17(13)2/h10-12,14H,3-9H2,1-2H3. The van der Waals surface area contributed by atoms with Gasteiger partial charge in [-0.15, -0.1) is 5.10 Å². The summed E-state index contributed by atoms with van der Waals surface area (Å²) in [6.45, 7) is 4.37. The van der Waals surface area contributed by atoms with Gasteiger partial charge >= 0.3 is 0 Å². The van der Waals surface area contributed by atoms with Crippen LogP contribution in [0.15, 0.2) is 6.20 Å². The van der Waals surface area contributed by atoms with Gasteiger partial charge in [-0.05, 0) is 31.8 Å². The Morgan fingerprint density at radius 1 is 1.35 bits per heavy atom. The average Bonchev–Trinajstić information content (AvgIpc) is 2.63. The van der Waals surface area contributed by atoms with Crippen molar-refractivity contribution in [1.29, 1.82) is 0 Å². The normalized spacial score (nSPS) is 25.8. The van der Waals surface area contributed by atoms with Crippen LogP contribution in [0.2, 0.25) is 0 Å². The summed E-state index contributed by atoms with van der Waals surface area (Å²) in [6.07, 6.45) is 8.68. The maximum absolute atomic E-state index is 4.08. The minimum Gasteiger partial charge on any atom is -0.317 e. The number of aryl methyl sites for hydroxylation is 1. The Balaban J connectivity index is 2.11. The fourth-order valence-electron chi connectivity index (χ4n) is 2.98. The molecule has 1 aromatic rings. The van der Waals surface area contributed by atoms with Crippen molar-refractivity contribution in [3.05, 3.63) is 11.9 Å². The van der Waals surface area contributed by atoms with Gasteiger partial charge in [-0.3, -0.25) is 4.68 Å². The zero-order valence-electron chi connectivity index (χ0n) is 11.0. The van der Waals surface area contributed by atoms with Gasteiger partial charge in [0.15, 0.2) is 0 Å². The van der Waals surface area contributed by atoms with Crippen LogP contribution in [0.25, 0.3) is 0 Å². The van der Waals surface area contributed by atoms with E-state index in [9.17, 15) is 0 Å². The van der Waals surface area contributed by atoms with Gasteiger partial charge in [-0.25, -0.2) is 0 Å². The van der Waals surface area contributed by atoms with Crippen LogP contribution in [-0.4, -0.2) is 28.1 Å². The van der Waals surface area contributed by atoms with Crippen molar-refractivity contribution in [3.63, 3.8) is 0 Å². The van der Waals surface area contributed by atoms with Gasteiger partial charge in [0, 0.05) is 13.0 Å². The van der Waals surface area contributed by atoms with Crippen molar-refractivity contribution in [1.82, 2.24) is 20.3 Å². The molecule has 2 rings (SSSR count). The Morgan fingerprint density at radius 2 is 2.18 bits per heavy atom. The lowest BCUT2D eigenvalue weighted by Crippen LogP contribution is -2.27. The molecule has 0 saturated heterocycles. The number of rotatable bonds is 4. The van der Waals surface area contributed by atoms with E-state index in [0.717, 1.165) is 19.0 Å². The lowest BCUT2D eigenvalue weighted by molar-refractivity contribution is 0.364. The molecular formula is C13H24N4. The summed E-state index contributed by atoms with van der Waals surface area (Å²) >= 11 is 0. The highest BCUT2D eigenvalue weighted by Gasteiger charge is 2.27. The third kappa shape index (κ3) is 3.06.